The summed E-state index contributed by atoms with van der Waals surface area (Å²) in [6, 6.07) is 156. The third kappa shape index (κ3) is 15.3. The lowest BCUT2D eigenvalue weighted by molar-refractivity contribution is 0.419. The highest BCUT2D eigenvalue weighted by atomic mass is 16.5. The first-order valence-corrected chi connectivity index (χ1v) is 45.6. The fourth-order valence-corrected chi connectivity index (χ4v) is 18.9. The van der Waals surface area contributed by atoms with Crippen LogP contribution in [0.1, 0.15) is 25.0 Å². The van der Waals surface area contributed by atoms with Crippen molar-refractivity contribution < 1.29 is 13.6 Å². The molecule has 0 spiro atoms. The van der Waals surface area contributed by atoms with E-state index in [0.717, 1.165) is 166 Å². The summed E-state index contributed by atoms with van der Waals surface area (Å²) in [6.45, 7) is 4.54. The number of aromatic nitrogens is 9. The van der Waals surface area contributed by atoms with Crippen molar-refractivity contribution in [2.24, 2.45) is 0 Å². The summed E-state index contributed by atoms with van der Waals surface area (Å²) in [7, 11) is 0. The van der Waals surface area contributed by atoms with Gasteiger partial charge in [-0.05, 0) is 102 Å². The lowest BCUT2D eigenvalue weighted by Crippen LogP contribution is -2.24. The second kappa shape index (κ2) is 34.6. The van der Waals surface area contributed by atoms with Crippen LogP contribution in [0.3, 0.4) is 0 Å². The van der Waals surface area contributed by atoms with Gasteiger partial charge in [0.2, 0.25) is 0 Å². The van der Waals surface area contributed by atoms with Gasteiger partial charge in [0.1, 0.15) is 33.8 Å². The van der Waals surface area contributed by atoms with E-state index in [1.807, 2.05) is 200 Å². The van der Waals surface area contributed by atoms with Crippen molar-refractivity contribution in [1.29, 1.82) is 0 Å². The summed E-state index contributed by atoms with van der Waals surface area (Å²) < 4.78 is 19.7. The maximum Gasteiger partial charge on any atom is 0.164 e. The number of nitrogens with zero attached hydrogens (tertiary/aromatic N) is 9. The molecular formula is C124H81N9O3. The number of fused-ring (bicyclic) bond motifs is 16. The smallest absolute Gasteiger partial charge is 0.164 e. The van der Waals surface area contributed by atoms with E-state index in [1.165, 1.54) is 38.1 Å². The van der Waals surface area contributed by atoms with E-state index in [9.17, 15) is 0 Å². The lowest BCUT2D eigenvalue weighted by Gasteiger charge is -2.35. The summed E-state index contributed by atoms with van der Waals surface area (Å²) in [6.07, 6.45) is 0. The normalized spacial score (nSPS) is 12.0. The molecule has 26 rings (SSSR count). The second-order valence-electron chi connectivity index (χ2n) is 34.6. The molecule has 0 unspecified atom stereocenters. The van der Waals surface area contributed by atoms with Crippen LogP contribution >= 0.6 is 0 Å². The molecule has 0 saturated heterocycles. The van der Waals surface area contributed by atoms with Crippen LogP contribution in [0.4, 0.5) is 0 Å². The van der Waals surface area contributed by atoms with Crippen LogP contribution in [0.15, 0.2) is 464 Å². The highest BCUT2D eigenvalue weighted by Gasteiger charge is 2.36. The highest BCUT2D eigenvalue weighted by Crippen LogP contribution is 2.52. The summed E-state index contributed by atoms with van der Waals surface area (Å²) >= 11 is 0. The first kappa shape index (κ1) is 81.1. The van der Waals surface area contributed by atoms with E-state index in [0.29, 0.717) is 52.4 Å². The molecule has 12 nitrogen and oxygen atoms in total. The third-order valence-electron chi connectivity index (χ3n) is 25.9. The van der Waals surface area contributed by atoms with Gasteiger partial charge in [-0.2, -0.15) is 0 Å². The van der Waals surface area contributed by atoms with Gasteiger partial charge in [-0.25, -0.2) is 44.9 Å². The maximum atomic E-state index is 6.77. The number of ether oxygens (including phenoxy) is 1. The summed E-state index contributed by atoms with van der Waals surface area (Å²) in [5.41, 5.74) is 23.3. The first-order valence-electron chi connectivity index (χ1n) is 45.6. The Hall–Kier alpha value is -18.1. The minimum atomic E-state index is -0.149. The Morgan fingerprint density at radius 2 is 0.493 bits per heavy atom. The molecule has 20 aromatic carbocycles. The van der Waals surface area contributed by atoms with Gasteiger partial charge >= 0.3 is 0 Å². The SMILES string of the molecule is CC1(C)c2ccccc2Oc2c(-c3ccc(-c4ccc(-c5nc(-c6ccccc6)nc(-c6ccccc6)n5)cc4)cc3)cccc21.c1ccc(-c2nc(-c3ccccc3)nc(-c3ccc(-c4cccc5c4oc4c5ccc5ccc6ccccc6c54)cc3)n2)cc1.c1ccc(-c2nc(-c3ccccc3)nc(-c3cccc(-c4ccc5c(ccc6ccc7c8ccccc8oc7c65)c4)c3)n2)cc1. The molecule has 0 bridgehead atoms. The van der Waals surface area contributed by atoms with Gasteiger partial charge in [-0.1, -0.05) is 432 Å². The van der Waals surface area contributed by atoms with E-state index in [-0.39, 0.29) is 5.41 Å². The molecule has 0 radical (unpaired) electrons. The molecule has 0 aliphatic carbocycles. The van der Waals surface area contributed by atoms with Crippen molar-refractivity contribution in [1.82, 2.24) is 44.9 Å². The van der Waals surface area contributed by atoms with Gasteiger partial charge in [0, 0.05) is 110 Å². The average molecular weight is 1750 g/mol. The van der Waals surface area contributed by atoms with E-state index < -0.39 is 0 Å². The molecule has 1 aliphatic rings. The number of benzene rings is 20. The van der Waals surface area contributed by atoms with Gasteiger partial charge in [-0.15, -0.1) is 0 Å². The average Bonchev–Trinajstić information content (AvgIpc) is 1.07. The Labute approximate surface area is 784 Å². The standard InChI is InChI=1S/C42H31N3O.2C41H25N3O/c1-42(2)35-17-9-10-19-37(35)46-38-34(16-11-18-36(38)42)30-24-20-28(21-25-30)29-22-26-33(27-23-29)41-44-39(31-12-5-3-6-13-31)43-40(45-41)32-14-7-4-8-15-32;1-3-11-29(12-4-1)39-42-40(30-13-5-2-6-14-30)44-41(43-39)31-22-19-27(20-23-31)33-16-9-17-34-35-25-24-28-21-18-26-10-7-8-15-32(26)36(28)38(35)45-37(33)34;1-3-10-27(11-4-1)39-42-40(28-12-5-2-6-13-28)44-41(43-39)32-15-9-14-29(25-32)30-21-22-33-31(24-30)19-18-26-20-23-35-34-16-7-8-17-36(34)45-38(35)37(26)33/h3-27H,1-2H3;2*1-25H. The van der Waals surface area contributed by atoms with Crippen molar-refractivity contribution in [3.8, 4) is 158 Å². The van der Waals surface area contributed by atoms with Crippen molar-refractivity contribution in [2.75, 3.05) is 0 Å². The predicted molar refractivity (Wildman–Crippen MR) is 553 cm³/mol. The molecule has 0 fully saturated rings. The zero-order valence-electron chi connectivity index (χ0n) is 74.1. The van der Waals surface area contributed by atoms with Crippen LogP contribution in [-0.2, 0) is 5.41 Å². The fourth-order valence-electron chi connectivity index (χ4n) is 18.9. The Kier molecular flexibility index (Phi) is 20.7. The molecule has 5 aromatic heterocycles. The van der Waals surface area contributed by atoms with Gasteiger partial charge in [0.25, 0.3) is 0 Å². The van der Waals surface area contributed by atoms with Gasteiger partial charge in [-0.3, -0.25) is 0 Å². The lowest BCUT2D eigenvalue weighted by atomic mass is 9.75. The van der Waals surface area contributed by atoms with Crippen LogP contribution < -0.4 is 4.74 Å². The van der Waals surface area contributed by atoms with Gasteiger partial charge < -0.3 is 13.6 Å². The number of hydrogen-bond donors (Lipinski definition) is 0. The second-order valence-corrected chi connectivity index (χ2v) is 34.6. The molecule has 640 valence electrons. The topological polar surface area (TPSA) is 152 Å². The Balaban J connectivity index is 0.000000112. The minimum absolute atomic E-state index is 0.149. The van der Waals surface area contributed by atoms with Crippen LogP contribution in [0.25, 0.3) is 234 Å². The van der Waals surface area contributed by atoms with E-state index >= 15 is 0 Å². The van der Waals surface area contributed by atoms with Crippen molar-refractivity contribution in [3.63, 3.8) is 0 Å². The Morgan fingerprint density at radius 3 is 1.01 bits per heavy atom. The third-order valence-corrected chi connectivity index (χ3v) is 25.9. The molecule has 0 amide bonds. The monoisotopic (exact) mass is 1740 g/mol. The zero-order valence-corrected chi connectivity index (χ0v) is 74.1. The molecule has 0 saturated carbocycles. The van der Waals surface area contributed by atoms with Gasteiger partial charge in [0.15, 0.2) is 52.4 Å². The van der Waals surface area contributed by atoms with Gasteiger partial charge in [0.05, 0.1) is 0 Å². The molecule has 12 heteroatoms. The number of hydrogen-bond acceptors (Lipinski definition) is 12. The maximum absolute atomic E-state index is 6.77. The van der Waals surface area contributed by atoms with Crippen molar-refractivity contribution in [2.45, 2.75) is 19.3 Å². The number of furan rings is 2. The summed E-state index contributed by atoms with van der Waals surface area (Å²) in [4.78, 5) is 43.9. The van der Waals surface area contributed by atoms with Crippen molar-refractivity contribution >= 4 is 87.0 Å². The minimum Gasteiger partial charge on any atom is -0.456 e. The van der Waals surface area contributed by atoms with Crippen molar-refractivity contribution in [3.05, 3.63) is 466 Å². The van der Waals surface area contributed by atoms with Crippen LogP contribution in [0, 0.1) is 0 Å². The van der Waals surface area contributed by atoms with E-state index in [2.05, 4.69) is 269 Å². The highest BCUT2D eigenvalue weighted by molar-refractivity contribution is 6.25. The fraction of sp³-hybridized carbons (Fsp3) is 0.0242. The molecule has 0 N–H and O–H groups in total. The molecule has 136 heavy (non-hydrogen) atoms. The predicted octanol–water partition coefficient (Wildman–Crippen LogP) is 32.1. The summed E-state index contributed by atoms with van der Waals surface area (Å²) in [5, 5.41) is 13.9. The quantitative estimate of drug-likeness (QED) is 0.101. The Bertz CT molecular complexity index is 8700. The Morgan fingerprint density at radius 1 is 0.184 bits per heavy atom. The molecule has 25 aromatic rings. The molecular weight excluding hydrogens is 1660 g/mol. The van der Waals surface area contributed by atoms with Crippen LogP contribution in [0.5, 0.6) is 11.5 Å². The molecule has 0 atom stereocenters. The number of para-hydroxylation sites is 4. The van der Waals surface area contributed by atoms with E-state index in [1.54, 1.807) is 0 Å². The largest absolute Gasteiger partial charge is 0.456 e. The van der Waals surface area contributed by atoms with Crippen LogP contribution in [0.2, 0.25) is 0 Å². The van der Waals surface area contributed by atoms with Crippen LogP contribution in [-0.4, -0.2) is 44.9 Å². The first-order chi connectivity index (χ1) is 67.1. The zero-order chi connectivity index (χ0) is 90.6. The summed E-state index contributed by atoms with van der Waals surface area (Å²) in [5.74, 6) is 7.70. The molecule has 6 heterocycles. The number of rotatable bonds is 13. The molecule has 1 aliphatic heterocycles. The van der Waals surface area contributed by atoms with E-state index in [4.69, 9.17) is 58.4 Å².